The van der Waals surface area contributed by atoms with E-state index in [0.29, 0.717) is 0 Å². The molecule has 12 heavy (non-hydrogen) atoms. The van der Waals surface area contributed by atoms with E-state index in [0.717, 1.165) is 28.9 Å². The first kappa shape index (κ1) is 9.52. The number of halogens is 1. The van der Waals surface area contributed by atoms with Crippen molar-refractivity contribution in [3.05, 3.63) is 22.4 Å². The molecular weight excluding hydrogens is 218 g/mol. The minimum Gasteiger partial charge on any atom is -0.492 e. The number of hydrogen-bond acceptors (Lipinski definition) is 2. The Labute approximate surface area is 81.1 Å². The van der Waals surface area contributed by atoms with Crippen LogP contribution in [-0.2, 0) is 0 Å². The van der Waals surface area contributed by atoms with E-state index in [9.17, 15) is 0 Å². The molecule has 0 fully saturated rings. The molecule has 0 aromatic carbocycles. The Kier molecular flexibility index (Phi) is 3.53. The molecule has 0 N–H and O–H groups in total. The van der Waals surface area contributed by atoms with Crippen LogP contribution in [0.25, 0.3) is 0 Å². The molecule has 0 saturated heterocycles. The van der Waals surface area contributed by atoms with Gasteiger partial charge in [0.2, 0.25) is 0 Å². The van der Waals surface area contributed by atoms with E-state index in [1.54, 1.807) is 6.20 Å². The summed E-state index contributed by atoms with van der Waals surface area (Å²) in [6.45, 7) is 4.83. The van der Waals surface area contributed by atoms with Crippen LogP contribution in [0.1, 0.15) is 18.9 Å². The number of ether oxygens (including phenoxy) is 1. The van der Waals surface area contributed by atoms with Crippen molar-refractivity contribution in [3.63, 3.8) is 0 Å². The number of aryl methyl sites for hydroxylation is 1. The Balaban J connectivity index is 2.69. The summed E-state index contributed by atoms with van der Waals surface area (Å²) in [5.74, 6) is 0.845. The van der Waals surface area contributed by atoms with Crippen molar-refractivity contribution in [2.75, 3.05) is 6.61 Å². The molecule has 1 rings (SSSR count). The van der Waals surface area contributed by atoms with Crippen molar-refractivity contribution in [2.45, 2.75) is 20.3 Å². The molecular formula is C9H12BrNO. The predicted octanol–water partition coefficient (Wildman–Crippen LogP) is 2.94. The third-order valence-electron chi connectivity index (χ3n) is 1.46. The molecule has 0 radical (unpaired) electrons. The van der Waals surface area contributed by atoms with Gasteiger partial charge in [-0.1, -0.05) is 6.92 Å². The molecule has 0 spiro atoms. The zero-order valence-electron chi connectivity index (χ0n) is 7.30. The maximum absolute atomic E-state index is 5.41. The lowest BCUT2D eigenvalue weighted by atomic mass is 10.3. The van der Waals surface area contributed by atoms with Crippen LogP contribution < -0.4 is 4.74 Å². The van der Waals surface area contributed by atoms with Gasteiger partial charge in [-0.15, -0.1) is 0 Å². The highest BCUT2D eigenvalue weighted by Gasteiger charge is 1.98. The summed E-state index contributed by atoms with van der Waals surface area (Å²) in [6.07, 6.45) is 2.75. The second-order valence-corrected chi connectivity index (χ2v) is 3.38. The second-order valence-electron chi connectivity index (χ2n) is 2.63. The molecule has 1 aromatic rings. The van der Waals surface area contributed by atoms with Crippen molar-refractivity contribution in [1.82, 2.24) is 4.98 Å². The maximum atomic E-state index is 5.41. The van der Waals surface area contributed by atoms with Gasteiger partial charge in [-0.3, -0.25) is 0 Å². The lowest BCUT2D eigenvalue weighted by Crippen LogP contribution is -1.96. The van der Waals surface area contributed by atoms with Crippen LogP contribution in [0.3, 0.4) is 0 Å². The van der Waals surface area contributed by atoms with Gasteiger partial charge in [0.1, 0.15) is 10.4 Å². The fourth-order valence-corrected chi connectivity index (χ4v) is 1.05. The van der Waals surface area contributed by atoms with Crippen molar-refractivity contribution in [1.29, 1.82) is 0 Å². The monoisotopic (exact) mass is 229 g/mol. The van der Waals surface area contributed by atoms with Gasteiger partial charge >= 0.3 is 0 Å². The van der Waals surface area contributed by atoms with E-state index in [1.807, 2.05) is 13.0 Å². The van der Waals surface area contributed by atoms with Crippen LogP contribution in [0.2, 0.25) is 0 Å². The van der Waals surface area contributed by atoms with Crippen LogP contribution in [0.15, 0.2) is 16.9 Å². The van der Waals surface area contributed by atoms with Crippen LogP contribution in [0.5, 0.6) is 5.75 Å². The smallest absolute Gasteiger partial charge is 0.137 e. The average Bonchev–Trinajstić information content (AvgIpc) is 2.07. The normalized spacial score (nSPS) is 9.92. The Morgan fingerprint density at radius 2 is 2.33 bits per heavy atom. The van der Waals surface area contributed by atoms with Crippen molar-refractivity contribution >= 4 is 15.9 Å². The zero-order valence-corrected chi connectivity index (χ0v) is 8.89. The van der Waals surface area contributed by atoms with E-state index in [-0.39, 0.29) is 0 Å². The highest BCUT2D eigenvalue weighted by molar-refractivity contribution is 9.10. The Morgan fingerprint density at radius 3 is 2.92 bits per heavy atom. The molecule has 0 aliphatic heterocycles. The molecule has 1 aromatic heterocycles. The highest BCUT2D eigenvalue weighted by Crippen LogP contribution is 2.18. The largest absolute Gasteiger partial charge is 0.492 e. The van der Waals surface area contributed by atoms with Crippen LogP contribution >= 0.6 is 15.9 Å². The summed E-state index contributed by atoms with van der Waals surface area (Å²) >= 11 is 3.33. The maximum Gasteiger partial charge on any atom is 0.137 e. The fourth-order valence-electron chi connectivity index (χ4n) is 0.831. The third kappa shape index (κ3) is 2.48. The molecule has 3 heteroatoms. The summed E-state index contributed by atoms with van der Waals surface area (Å²) in [6, 6.07) is 1.98. The number of hydrogen-bond donors (Lipinski definition) is 0. The number of nitrogens with zero attached hydrogens (tertiary/aromatic N) is 1. The Morgan fingerprint density at radius 1 is 1.58 bits per heavy atom. The molecule has 0 saturated carbocycles. The number of aromatic nitrogens is 1. The summed E-state index contributed by atoms with van der Waals surface area (Å²) < 4.78 is 6.29. The zero-order chi connectivity index (χ0) is 8.97. The summed E-state index contributed by atoms with van der Waals surface area (Å²) in [5.41, 5.74) is 1.10. The van der Waals surface area contributed by atoms with Crippen molar-refractivity contribution in [2.24, 2.45) is 0 Å². The van der Waals surface area contributed by atoms with Crippen LogP contribution in [-0.4, -0.2) is 11.6 Å². The quantitative estimate of drug-likeness (QED) is 0.744. The van der Waals surface area contributed by atoms with Gasteiger partial charge in [-0.2, -0.15) is 0 Å². The lowest BCUT2D eigenvalue weighted by Gasteiger charge is -2.04. The van der Waals surface area contributed by atoms with E-state index in [2.05, 4.69) is 27.8 Å². The van der Waals surface area contributed by atoms with E-state index in [1.165, 1.54) is 0 Å². The van der Waals surface area contributed by atoms with Gasteiger partial charge in [0.05, 0.1) is 12.8 Å². The SMILES string of the molecule is CCCOc1cnc(Br)c(C)c1. The van der Waals surface area contributed by atoms with Gasteiger partial charge in [-0.25, -0.2) is 4.98 Å². The molecule has 0 amide bonds. The average molecular weight is 230 g/mol. The third-order valence-corrected chi connectivity index (χ3v) is 2.29. The Bertz CT molecular complexity index is 263. The lowest BCUT2D eigenvalue weighted by molar-refractivity contribution is 0.316. The standard InChI is InChI=1S/C9H12BrNO/c1-3-4-12-8-5-7(2)9(10)11-6-8/h5-6H,3-4H2,1-2H3. The van der Waals surface area contributed by atoms with E-state index >= 15 is 0 Å². The number of pyridine rings is 1. The first-order chi connectivity index (χ1) is 5.74. The van der Waals surface area contributed by atoms with Gasteiger partial charge in [0, 0.05) is 0 Å². The van der Waals surface area contributed by atoms with Gasteiger partial charge in [0.15, 0.2) is 0 Å². The molecule has 0 aliphatic carbocycles. The molecule has 2 nitrogen and oxygen atoms in total. The van der Waals surface area contributed by atoms with Crippen LogP contribution in [0, 0.1) is 6.92 Å². The van der Waals surface area contributed by atoms with Gasteiger partial charge < -0.3 is 4.74 Å². The topological polar surface area (TPSA) is 22.1 Å². The predicted molar refractivity (Wildman–Crippen MR) is 52.5 cm³/mol. The van der Waals surface area contributed by atoms with Crippen molar-refractivity contribution in [3.8, 4) is 5.75 Å². The number of rotatable bonds is 3. The summed E-state index contributed by atoms with van der Waals surface area (Å²) in [5, 5.41) is 0. The second kappa shape index (κ2) is 4.45. The van der Waals surface area contributed by atoms with Gasteiger partial charge in [0.25, 0.3) is 0 Å². The van der Waals surface area contributed by atoms with Gasteiger partial charge in [-0.05, 0) is 40.9 Å². The van der Waals surface area contributed by atoms with Crippen molar-refractivity contribution < 1.29 is 4.74 Å². The summed E-state index contributed by atoms with van der Waals surface area (Å²) in [4.78, 5) is 4.12. The molecule has 0 aliphatic rings. The molecule has 0 atom stereocenters. The molecule has 0 unspecified atom stereocenters. The Hall–Kier alpha value is -0.570. The minimum atomic E-state index is 0.753. The first-order valence-electron chi connectivity index (χ1n) is 3.99. The molecule has 1 heterocycles. The molecule has 66 valence electrons. The summed E-state index contributed by atoms with van der Waals surface area (Å²) in [7, 11) is 0. The van der Waals surface area contributed by atoms with E-state index < -0.39 is 0 Å². The first-order valence-corrected chi connectivity index (χ1v) is 4.78. The van der Waals surface area contributed by atoms with E-state index in [4.69, 9.17) is 4.74 Å². The molecule has 0 bridgehead atoms. The fraction of sp³-hybridized carbons (Fsp3) is 0.444. The highest BCUT2D eigenvalue weighted by atomic mass is 79.9. The van der Waals surface area contributed by atoms with Crippen LogP contribution in [0.4, 0.5) is 0 Å². The minimum absolute atomic E-state index is 0.753.